The minimum absolute atomic E-state index is 0.129. The Morgan fingerprint density at radius 2 is 1.19 bits per heavy atom. The van der Waals surface area contributed by atoms with Crippen molar-refractivity contribution >= 4 is 22.7 Å². The molecule has 0 spiro atoms. The predicted molar refractivity (Wildman–Crippen MR) is 58.0 cm³/mol. The number of nitro benzene ring substituents is 2. The summed E-state index contributed by atoms with van der Waals surface area (Å²) in [6.07, 6.45) is 0. The van der Waals surface area contributed by atoms with Crippen LogP contribution in [-0.2, 0) is 0 Å². The third-order valence-electron chi connectivity index (χ3n) is 2.39. The highest BCUT2D eigenvalue weighted by atomic mass is 16.6. The summed E-state index contributed by atoms with van der Waals surface area (Å²) in [6.45, 7) is 2.66. The summed E-state index contributed by atoms with van der Waals surface area (Å²) in [6, 6.07) is 0. The van der Waals surface area contributed by atoms with Gasteiger partial charge in [0.25, 0.3) is 0 Å². The van der Waals surface area contributed by atoms with E-state index in [0.717, 1.165) is 0 Å². The van der Waals surface area contributed by atoms with Gasteiger partial charge in [-0.15, -0.1) is 0 Å². The van der Waals surface area contributed by atoms with Crippen molar-refractivity contribution in [2.75, 3.05) is 11.5 Å². The molecule has 0 saturated heterocycles. The molecule has 0 saturated carbocycles. The second kappa shape index (κ2) is 3.65. The van der Waals surface area contributed by atoms with Crippen LogP contribution in [0.2, 0.25) is 0 Å². The molecule has 0 fully saturated rings. The zero-order chi connectivity index (χ0) is 12.6. The quantitative estimate of drug-likeness (QED) is 0.442. The first-order valence-corrected chi connectivity index (χ1v) is 4.25. The minimum Gasteiger partial charge on any atom is -0.393 e. The van der Waals surface area contributed by atoms with Crippen molar-refractivity contribution in [2.24, 2.45) is 0 Å². The van der Waals surface area contributed by atoms with Gasteiger partial charge in [-0.1, -0.05) is 0 Å². The van der Waals surface area contributed by atoms with Crippen LogP contribution in [0.5, 0.6) is 0 Å². The Bertz CT molecular complexity index is 456. The van der Waals surface area contributed by atoms with Crippen molar-refractivity contribution in [2.45, 2.75) is 13.8 Å². The molecule has 0 radical (unpaired) electrons. The Hall–Kier alpha value is -2.38. The molecule has 0 aromatic heterocycles. The van der Waals surface area contributed by atoms with E-state index in [2.05, 4.69) is 0 Å². The highest BCUT2D eigenvalue weighted by Crippen LogP contribution is 2.41. The van der Waals surface area contributed by atoms with E-state index in [1.807, 2.05) is 0 Å². The van der Waals surface area contributed by atoms with Gasteiger partial charge in [0.1, 0.15) is 16.9 Å². The molecular weight excluding hydrogens is 216 g/mol. The summed E-state index contributed by atoms with van der Waals surface area (Å²) in [5.74, 6) is 0. The van der Waals surface area contributed by atoms with Gasteiger partial charge in [0.2, 0.25) is 0 Å². The Morgan fingerprint density at radius 1 is 0.875 bits per heavy atom. The van der Waals surface area contributed by atoms with Crippen LogP contribution in [0.25, 0.3) is 0 Å². The number of nitrogens with zero attached hydrogens (tertiary/aromatic N) is 2. The molecule has 0 aliphatic heterocycles. The largest absolute Gasteiger partial charge is 0.393 e. The Kier molecular flexibility index (Phi) is 2.66. The molecule has 4 N–H and O–H groups in total. The van der Waals surface area contributed by atoms with Crippen molar-refractivity contribution in [3.05, 3.63) is 31.4 Å². The average molecular weight is 226 g/mol. The molecule has 0 unspecified atom stereocenters. The van der Waals surface area contributed by atoms with Gasteiger partial charge in [-0.25, -0.2) is 0 Å². The monoisotopic (exact) mass is 226 g/mol. The van der Waals surface area contributed by atoms with E-state index in [4.69, 9.17) is 11.5 Å². The molecule has 8 nitrogen and oxygen atoms in total. The molecule has 0 atom stereocenters. The van der Waals surface area contributed by atoms with Crippen LogP contribution in [0.3, 0.4) is 0 Å². The SMILES string of the molecule is Cc1c(N)c([N+](=O)[O-])c(C)c([N+](=O)[O-])c1N. The van der Waals surface area contributed by atoms with Gasteiger partial charge in [0.05, 0.1) is 9.85 Å². The number of anilines is 2. The van der Waals surface area contributed by atoms with Crippen molar-refractivity contribution in [3.8, 4) is 0 Å². The fourth-order valence-electron chi connectivity index (χ4n) is 1.49. The summed E-state index contributed by atoms with van der Waals surface area (Å²) in [7, 11) is 0. The van der Waals surface area contributed by atoms with Crippen molar-refractivity contribution in [3.63, 3.8) is 0 Å². The van der Waals surface area contributed by atoms with Gasteiger partial charge < -0.3 is 11.5 Å². The zero-order valence-electron chi connectivity index (χ0n) is 8.68. The zero-order valence-corrected chi connectivity index (χ0v) is 8.68. The van der Waals surface area contributed by atoms with Crippen molar-refractivity contribution < 1.29 is 9.85 Å². The van der Waals surface area contributed by atoms with E-state index in [1.165, 1.54) is 13.8 Å². The summed E-state index contributed by atoms with van der Waals surface area (Å²) >= 11 is 0. The highest BCUT2D eigenvalue weighted by molar-refractivity contribution is 5.82. The number of hydrogen-bond acceptors (Lipinski definition) is 6. The van der Waals surface area contributed by atoms with Crippen LogP contribution in [0.4, 0.5) is 22.7 Å². The molecule has 0 heterocycles. The second-order valence-corrected chi connectivity index (χ2v) is 3.29. The number of nitrogen functional groups attached to an aromatic ring is 2. The van der Waals surface area contributed by atoms with Crippen LogP contribution in [0, 0.1) is 34.1 Å². The van der Waals surface area contributed by atoms with Crippen LogP contribution >= 0.6 is 0 Å². The summed E-state index contributed by atoms with van der Waals surface area (Å²) in [5, 5.41) is 21.5. The van der Waals surface area contributed by atoms with Crippen molar-refractivity contribution in [1.82, 2.24) is 0 Å². The lowest BCUT2D eigenvalue weighted by Crippen LogP contribution is -2.08. The van der Waals surface area contributed by atoms with E-state index in [9.17, 15) is 20.2 Å². The Morgan fingerprint density at radius 3 is 1.44 bits per heavy atom. The molecule has 0 aliphatic carbocycles. The van der Waals surface area contributed by atoms with Gasteiger partial charge in [0, 0.05) is 5.56 Å². The first-order valence-electron chi connectivity index (χ1n) is 4.25. The molecule has 0 amide bonds. The average Bonchev–Trinajstić information content (AvgIpc) is 2.13. The number of hydrogen-bond donors (Lipinski definition) is 2. The Balaban J connectivity index is 3.80. The maximum absolute atomic E-state index is 10.7. The summed E-state index contributed by atoms with van der Waals surface area (Å²) < 4.78 is 0. The van der Waals surface area contributed by atoms with Crippen LogP contribution in [0.15, 0.2) is 0 Å². The molecule has 0 aliphatic rings. The molecule has 0 bridgehead atoms. The van der Waals surface area contributed by atoms with Gasteiger partial charge in [-0.2, -0.15) is 0 Å². The molecule has 8 heteroatoms. The molecule has 16 heavy (non-hydrogen) atoms. The third-order valence-corrected chi connectivity index (χ3v) is 2.39. The molecule has 1 aromatic carbocycles. The van der Waals surface area contributed by atoms with E-state index in [1.54, 1.807) is 0 Å². The number of benzene rings is 1. The lowest BCUT2D eigenvalue weighted by Gasteiger charge is -2.08. The standard InChI is InChI=1S/C8H10N4O4/c1-3-5(9)7(11(13)14)4(2)8(6(3)10)12(15)16/h9-10H2,1-2H3. The first kappa shape index (κ1) is 11.7. The number of nitrogens with two attached hydrogens (primary N) is 2. The lowest BCUT2D eigenvalue weighted by atomic mass is 10.0. The lowest BCUT2D eigenvalue weighted by molar-refractivity contribution is -0.394. The fraction of sp³-hybridized carbons (Fsp3) is 0.250. The highest BCUT2D eigenvalue weighted by Gasteiger charge is 2.30. The summed E-state index contributed by atoms with van der Waals surface area (Å²) in [5.41, 5.74) is 9.86. The van der Waals surface area contributed by atoms with Gasteiger partial charge in [-0.05, 0) is 13.8 Å². The van der Waals surface area contributed by atoms with Gasteiger partial charge >= 0.3 is 11.4 Å². The topological polar surface area (TPSA) is 138 Å². The van der Waals surface area contributed by atoms with Gasteiger partial charge in [-0.3, -0.25) is 20.2 Å². The molecule has 86 valence electrons. The van der Waals surface area contributed by atoms with Crippen LogP contribution < -0.4 is 11.5 Å². The van der Waals surface area contributed by atoms with E-state index < -0.39 is 21.2 Å². The fourth-order valence-corrected chi connectivity index (χ4v) is 1.49. The van der Waals surface area contributed by atoms with Crippen molar-refractivity contribution in [1.29, 1.82) is 0 Å². The van der Waals surface area contributed by atoms with Crippen LogP contribution in [-0.4, -0.2) is 9.85 Å². The molecular formula is C8H10N4O4. The van der Waals surface area contributed by atoms with E-state index in [0.29, 0.717) is 0 Å². The first-order chi connectivity index (χ1) is 7.29. The number of rotatable bonds is 2. The second-order valence-electron chi connectivity index (χ2n) is 3.29. The smallest absolute Gasteiger partial charge is 0.302 e. The molecule has 1 rings (SSSR count). The third kappa shape index (κ3) is 1.49. The maximum atomic E-state index is 10.7. The van der Waals surface area contributed by atoms with E-state index in [-0.39, 0.29) is 22.5 Å². The van der Waals surface area contributed by atoms with E-state index >= 15 is 0 Å². The maximum Gasteiger partial charge on any atom is 0.302 e. The Labute approximate surface area is 90.1 Å². The normalized spacial score (nSPS) is 10.1. The minimum atomic E-state index is -0.746. The van der Waals surface area contributed by atoms with Gasteiger partial charge in [0.15, 0.2) is 0 Å². The molecule has 1 aromatic rings. The summed E-state index contributed by atoms with van der Waals surface area (Å²) in [4.78, 5) is 20.0. The van der Waals surface area contributed by atoms with Crippen LogP contribution in [0.1, 0.15) is 11.1 Å². The predicted octanol–water partition coefficient (Wildman–Crippen LogP) is 1.28. The number of nitro groups is 2.